The molecule has 0 bridgehead atoms. The molecular formula is C14H23ClN2S. The molecular weight excluding hydrogens is 264 g/mol. The van der Waals surface area contributed by atoms with Crippen molar-refractivity contribution in [3.05, 3.63) is 30.3 Å². The number of rotatable bonds is 5. The molecule has 1 aliphatic rings. The van der Waals surface area contributed by atoms with E-state index in [1.807, 2.05) is 11.8 Å². The Morgan fingerprint density at radius 2 is 2.00 bits per heavy atom. The summed E-state index contributed by atoms with van der Waals surface area (Å²) in [5.41, 5.74) is 5.83. The van der Waals surface area contributed by atoms with Crippen LogP contribution in [0.15, 0.2) is 35.2 Å². The van der Waals surface area contributed by atoms with E-state index in [4.69, 9.17) is 5.73 Å². The predicted octanol–water partition coefficient (Wildman–Crippen LogP) is 3.01. The van der Waals surface area contributed by atoms with E-state index in [0.29, 0.717) is 6.04 Å². The van der Waals surface area contributed by atoms with Gasteiger partial charge in [0.25, 0.3) is 0 Å². The van der Waals surface area contributed by atoms with E-state index < -0.39 is 0 Å². The molecule has 102 valence electrons. The van der Waals surface area contributed by atoms with Gasteiger partial charge in [-0.1, -0.05) is 24.6 Å². The molecule has 2 rings (SSSR count). The van der Waals surface area contributed by atoms with Crippen LogP contribution in [0.3, 0.4) is 0 Å². The lowest BCUT2D eigenvalue weighted by Crippen LogP contribution is -2.44. The molecule has 0 radical (unpaired) electrons. The molecule has 4 heteroatoms. The number of halogens is 1. The standard InChI is InChI=1S/C14H22N2S.ClH/c15-12-13-6-4-5-9-16(13)10-11-17-14-7-2-1-3-8-14;/h1-3,7-8,13H,4-6,9-12,15H2;1H. The van der Waals surface area contributed by atoms with Gasteiger partial charge in [-0.05, 0) is 31.5 Å². The molecule has 1 saturated heterocycles. The highest BCUT2D eigenvalue weighted by molar-refractivity contribution is 7.99. The molecule has 1 fully saturated rings. The van der Waals surface area contributed by atoms with E-state index in [2.05, 4.69) is 35.2 Å². The second-order valence-corrected chi connectivity index (χ2v) is 5.75. The molecule has 0 spiro atoms. The smallest absolute Gasteiger partial charge is 0.0218 e. The van der Waals surface area contributed by atoms with Crippen molar-refractivity contribution in [1.82, 2.24) is 4.90 Å². The van der Waals surface area contributed by atoms with Crippen LogP contribution in [0, 0.1) is 0 Å². The zero-order chi connectivity index (χ0) is 11.9. The summed E-state index contributed by atoms with van der Waals surface area (Å²) >= 11 is 1.94. The second-order valence-electron chi connectivity index (χ2n) is 4.58. The zero-order valence-electron chi connectivity index (χ0n) is 10.8. The van der Waals surface area contributed by atoms with E-state index in [0.717, 1.165) is 6.54 Å². The average Bonchev–Trinajstić information content (AvgIpc) is 2.40. The van der Waals surface area contributed by atoms with Gasteiger partial charge in [-0.25, -0.2) is 0 Å². The first-order valence-corrected chi connectivity index (χ1v) is 7.50. The van der Waals surface area contributed by atoms with Crippen LogP contribution in [0.25, 0.3) is 0 Å². The molecule has 1 atom stereocenters. The van der Waals surface area contributed by atoms with Crippen molar-refractivity contribution in [2.75, 3.05) is 25.4 Å². The van der Waals surface area contributed by atoms with Gasteiger partial charge in [0.15, 0.2) is 0 Å². The van der Waals surface area contributed by atoms with Crippen LogP contribution < -0.4 is 5.73 Å². The summed E-state index contributed by atoms with van der Waals surface area (Å²) in [6.07, 6.45) is 3.98. The molecule has 18 heavy (non-hydrogen) atoms. The lowest BCUT2D eigenvalue weighted by atomic mass is 10.0. The topological polar surface area (TPSA) is 29.3 Å². The molecule has 1 aromatic carbocycles. The summed E-state index contributed by atoms with van der Waals surface area (Å²) in [7, 11) is 0. The Morgan fingerprint density at radius 1 is 1.22 bits per heavy atom. The Labute approximate surface area is 121 Å². The minimum Gasteiger partial charge on any atom is -0.329 e. The minimum absolute atomic E-state index is 0. The van der Waals surface area contributed by atoms with Crippen LogP contribution in [0.2, 0.25) is 0 Å². The van der Waals surface area contributed by atoms with Crippen LogP contribution in [-0.4, -0.2) is 36.3 Å². The molecule has 1 aromatic rings. The molecule has 0 saturated carbocycles. The third-order valence-electron chi connectivity index (χ3n) is 3.41. The molecule has 0 aromatic heterocycles. The number of likely N-dealkylation sites (tertiary alicyclic amines) is 1. The third-order valence-corrected chi connectivity index (χ3v) is 4.40. The fourth-order valence-electron chi connectivity index (χ4n) is 2.42. The molecule has 0 aliphatic carbocycles. The highest BCUT2D eigenvalue weighted by atomic mass is 35.5. The Hall–Kier alpha value is -0.220. The fraction of sp³-hybridized carbons (Fsp3) is 0.571. The SMILES string of the molecule is Cl.NCC1CCCCN1CCSc1ccccc1. The zero-order valence-corrected chi connectivity index (χ0v) is 12.4. The maximum Gasteiger partial charge on any atom is 0.0218 e. The van der Waals surface area contributed by atoms with Gasteiger partial charge in [0.05, 0.1) is 0 Å². The summed E-state index contributed by atoms with van der Waals surface area (Å²) in [6, 6.07) is 11.3. The van der Waals surface area contributed by atoms with Gasteiger partial charge < -0.3 is 5.73 Å². The highest BCUT2D eigenvalue weighted by Gasteiger charge is 2.20. The normalized spacial score (nSPS) is 20.4. The van der Waals surface area contributed by atoms with Gasteiger partial charge in [0.2, 0.25) is 0 Å². The Kier molecular flexibility index (Phi) is 7.75. The number of nitrogens with two attached hydrogens (primary N) is 1. The van der Waals surface area contributed by atoms with Crippen LogP contribution in [0.5, 0.6) is 0 Å². The maximum atomic E-state index is 5.83. The number of hydrogen-bond donors (Lipinski definition) is 1. The Morgan fingerprint density at radius 3 is 2.72 bits per heavy atom. The van der Waals surface area contributed by atoms with Crippen LogP contribution in [0.4, 0.5) is 0 Å². The van der Waals surface area contributed by atoms with Gasteiger partial charge in [-0.15, -0.1) is 24.2 Å². The van der Waals surface area contributed by atoms with Gasteiger partial charge in [0.1, 0.15) is 0 Å². The number of nitrogens with zero attached hydrogens (tertiary/aromatic N) is 1. The van der Waals surface area contributed by atoms with E-state index in [1.165, 1.54) is 43.0 Å². The van der Waals surface area contributed by atoms with E-state index >= 15 is 0 Å². The highest BCUT2D eigenvalue weighted by Crippen LogP contribution is 2.20. The summed E-state index contributed by atoms with van der Waals surface area (Å²) in [6.45, 7) is 3.22. The van der Waals surface area contributed by atoms with Crippen molar-refractivity contribution in [3.63, 3.8) is 0 Å². The van der Waals surface area contributed by atoms with Gasteiger partial charge in [0, 0.05) is 29.8 Å². The van der Waals surface area contributed by atoms with Gasteiger partial charge in [-0.2, -0.15) is 0 Å². The summed E-state index contributed by atoms with van der Waals surface area (Å²) in [5.74, 6) is 1.17. The first-order chi connectivity index (χ1) is 8.40. The first kappa shape index (κ1) is 15.8. The Bertz CT molecular complexity index is 321. The fourth-order valence-corrected chi connectivity index (χ4v) is 3.33. The first-order valence-electron chi connectivity index (χ1n) is 6.52. The van der Waals surface area contributed by atoms with E-state index in [1.54, 1.807) is 0 Å². The Balaban J connectivity index is 0.00000162. The van der Waals surface area contributed by atoms with Crippen molar-refractivity contribution >= 4 is 24.2 Å². The molecule has 1 heterocycles. The van der Waals surface area contributed by atoms with Crippen LogP contribution in [-0.2, 0) is 0 Å². The average molecular weight is 287 g/mol. The molecule has 2 nitrogen and oxygen atoms in total. The van der Waals surface area contributed by atoms with Crippen molar-refractivity contribution in [2.45, 2.75) is 30.2 Å². The maximum absolute atomic E-state index is 5.83. The van der Waals surface area contributed by atoms with Gasteiger partial charge >= 0.3 is 0 Å². The summed E-state index contributed by atoms with van der Waals surface area (Å²) in [5, 5.41) is 0. The second kappa shape index (κ2) is 8.81. The van der Waals surface area contributed by atoms with Crippen LogP contribution in [0.1, 0.15) is 19.3 Å². The van der Waals surface area contributed by atoms with Crippen molar-refractivity contribution in [1.29, 1.82) is 0 Å². The monoisotopic (exact) mass is 286 g/mol. The van der Waals surface area contributed by atoms with Crippen molar-refractivity contribution < 1.29 is 0 Å². The number of benzene rings is 1. The van der Waals surface area contributed by atoms with Crippen molar-refractivity contribution in [2.24, 2.45) is 5.73 Å². The molecule has 1 aliphatic heterocycles. The summed E-state index contributed by atoms with van der Waals surface area (Å²) < 4.78 is 0. The van der Waals surface area contributed by atoms with Crippen molar-refractivity contribution in [3.8, 4) is 0 Å². The number of thioether (sulfide) groups is 1. The van der Waals surface area contributed by atoms with Gasteiger partial charge in [-0.3, -0.25) is 4.90 Å². The minimum atomic E-state index is 0. The molecule has 2 N–H and O–H groups in total. The molecule has 0 amide bonds. The van der Waals surface area contributed by atoms with E-state index in [9.17, 15) is 0 Å². The van der Waals surface area contributed by atoms with Crippen LogP contribution >= 0.6 is 24.2 Å². The summed E-state index contributed by atoms with van der Waals surface area (Å²) in [4.78, 5) is 3.94. The lowest BCUT2D eigenvalue weighted by molar-refractivity contribution is 0.163. The number of piperidine rings is 1. The largest absolute Gasteiger partial charge is 0.329 e. The quantitative estimate of drug-likeness (QED) is 0.844. The predicted molar refractivity (Wildman–Crippen MR) is 82.7 cm³/mol. The third kappa shape index (κ3) is 4.81. The molecule has 1 unspecified atom stereocenters. The number of hydrogen-bond acceptors (Lipinski definition) is 3. The lowest BCUT2D eigenvalue weighted by Gasteiger charge is -2.34. The van der Waals surface area contributed by atoms with E-state index in [-0.39, 0.29) is 12.4 Å².